The number of ketones is 1. The van der Waals surface area contributed by atoms with Gasteiger partial charge in [-0.1, -0.05) is 30.3 Å². The summed E-state index contributed by atoms with van der Waals surface area (Å²) in [6, 6.07) is 12.4. The van der Waals surface area contributed by atoms with Gasteiger partial charge in [0.05, 0.1) is 0 Å². The number of hydrogen-bond donors (Lipinski definition) is 0. The zero-order valence-electron chi connectivity index (χ0n) is 9.56. The maximum absolute atomic E-state index is 12.3. The van der Waals surface area contributed by atoms with E-state index >= 15 is 0 Å². The van der Waals surface area contributed by atoms with Crippen molar-refractivity contribution in [2.45, 2.75) is 25.2 Å². The van der Waals surface area contributed by atoms with Crippen molar-refractivity contribution in [2.24, 2.45) is 0 Å². The van der Waals surface area contributed by atoms with Crippen LogP contribution in [0.1, 0.15) is 28.3 Å². The second kappa shape index (κ2) is 4.46. The molecule has 0 bridgehead atoms. The molecule has 0 saturated heterocycles. The summed E-state index contributed by atoms with van der Waals surface area (Å²) in [5.74, 6) is 0.505. The Morgan fingerprint density at radius 3 is 2.94 bits per heavy atom. The summed E-state index contributed by atoms with van der Waals surface area (Å²) < 4.78 is 0. The molecule has 0 spiro atoms. The Morgan fingerprint density at radius 1 is 1.24 bits per heavy atom. The van der Waals surface area contributed by atoms with Crippen LogP contribution in [0.3, 0.4) is 0 Å². The first kappa shape index (κ1) is 10.7. The van der Waals surface area contributed by atoms with Crippen LogP contribution in [0.4, 0.5) is 0 Å². The van der Waals surface area contributed by atoms with Gasteiger partial charge in [0.2, 0.25) is 0 Å². The third kappa shape index (κ3) is 2.05. The number of Topliss-reactive ketones (excluding diaryl/α,β-unsaturated/α-hetero) is 1. The molecule has 17 heavy (non-hydrogen) atoms. The highest BCUT2D eigenvalue weighted by Crippen LogP contribution is 2.34. The third-order valence-corrected chi connectivity index (χ3v) is 4.33. The van der Waals surface area contributed by atoms with Crippen molar-refractivity contribution in [3.05, 3.63) is 57.8 Å². The van der Waals surface area contributed by atoms with Crippen LogP contribution < -0.4 is 0 Å². The van der Waals surface area contributed by atoms with E-state index in [9.17, 15) is 4.79 Å². The molecule has 0 saturated carbocycles. The molecule has 1 heterocycles. The van der Waals surface area contributed by atoms with Gasteiger partial charge in [0.1, 0.15) is 5.78 Å². The van der Waals surface area contributed by atoms with Gasteiger partial charge in [0, 0.05) is 17.2 Å². The summed E-state index contributed by atoms with van der Waals surface area (Å²) in [6.45, 7) is 0. The van der Waals surface area contributed by atoms with Gasteiger partial charge in [-0.15, -0.1) is 11.3 Å². The van der Waals surface area contributed by atoms with Gasteiger partial charge in [0.25, 0.3) is 0 Å². The van der Waals surface area contributed by atoms with Gasteiger partial charge in [-0.2, -0.15) is 0 Å². The maximum atomic E-state index is 12.3. The molecule has 1 nitrogen and oxygen atoms in total. The van der Waals surface area contributed by atoms with Crippen LogP contribution in [-0.2, 0) is 17.6 Å². The van der Waals surface area contributed by atoms with E-state index in [-0.39, 0.29) is 5.92 Å². The molecule has 1 unspecified atom stereocenters. The summed E-state index contributed by atoms with van der Waals surface area (Å²) in [5, 5.41) is 2.03. The molecule has 2 heteroatoms. The lowest BCUT2D eigenvalue weighted by atomic mass is 9.94. The molecule has 1 atom stereocenters. The number of hydrogen-bond acceptors (Lipinski definition) is 2. The van der Waals surface area contributed by atoms with E-state index in [0.29, 0.717) is 12.2 Å². The molecule has 1 aliphatic carbocycles. The zero-order valence-corrected chi connectivity index (χ0v) is 10.4. The van der Waals surface area contributed by atoms with Crippen molar-refractivity contribution in [1.82, 2.24) is 0 Å². The fraction of sp³-hybridized carbons (Fsp3) is 0.267. The zero-order chi connectivity index (χ0) is 11.7. The number of thiophene rings is 1. The fourth-order valence-electron chi connectivity index (χ4n) is 2.60. The number of carbonyl (C=O) groups excluding carboxylic acids is 1. The summed E-state index contributed by atoms with van der Waals surface area (Å²) in [6.07, 6.45) is 2.64. The quantitative estimate of drug-likeness (QED) is 0.804. The van der Waals surface area contributed by atoms with Crippen LogP contribution in [-0.4, -0.2) is 5.78 Å². The molecule has 0 aliphatic heterocycles. The molecular weight excluding hydrogens is 228 g/mol. The number of fused-ring (bicyclic) bond motifs is 1. The Hall–Kier alpha value is -1.41. The number of aryl methyl sites for hydroxylation is 1. The Labute approximate surface area is 105 Å². The lowest BCUT2D eigenvalue weighted by molar-refractivity contribution is -0.119. The number of rotatable bonds is 3. The highest BCUT2D eigenvalue weighted by molar-refractivity contribution is 7.10. The van der Waals surface area contributed by atoms with Crippen LogP contribution in [0.25, 0.3) is 0 Å². The molecule has 1 aliphatic rings. The Balaban J connectivity index is 1.80. The molecule has 0 amide bonds. The summed E-state index contributed by atoms with van der Waals surface area (Å²) in [5.41, 5.74) is 2.62. The molecule has 1 aromatic carbocycles. The van der Waals surface area contributed by atoms with Gasteiger partial charge in [-0.3, -0.25) is 4.79 Å². The van der Waals surface area contributed by atoms with Crippen molar-refractivity contribution < 1.29 is 4.79 Å². The fourth-order valence-corrected chi connectivity index (χ4v) is 3.31. The van der Waals surface area contributed by atoms with Crippen LogP contribution in [0, 0.1) is 0 Å². The van der Waals surface area contributed by atoms with E-state index in [4.69, 9.17) is 0 Å². The molecule has 2 aromatic rings. The first-order valence-electron chi connectivity index (χ1n) is 5.97. The number of carbonyl (C=O) groups is 1. The predicted molar refractivity (Wildman–Crippen MR) is 70.5 cm³/mol. The predicted octanol–water partition coefficient (Wildman–Crippen LogP) is 3.59. The Morgan fingerprint density at radius 2 is 2.12 bits per heavy atom. The molecule has 0 fully saturated rings. The summed E-state index contributed by atoms with van der Waals surface area (Å²) >= 11 is 1.67. The highest BCUT2D eigenvalue weighted by atomic mass is 32.1. The molecule has 3 rings (SSSR count). The minimum atomic E-state index is 0.133. The first-order valence-corrected chi connectivity index (χ1v) is 6.85. The maximum Gasteiger partial charge on any atom is 0.145 e. The Kier molecular flexibility index (Phi) is 2.81. The summed E-state index contributed by atoms with van der Waals surface area (Å²) in [7, 11) is 0. The molecule has 1 aromatic heterocycles. The lowest BCUT2D eigenvalue weighted by Gasteiger charge is -2.09. The van der Waals surface area contributed by atoms with E-state index in [1.54, 1.807) is 11.3 Å². The average molecular weight is 242 g/mol. The number of benzene rings is 1. The minimum Gasteiger partial charge on any atom is -0.299 e. The van der Waals surface area contributed by atoms with Gasteiger partial charge < -0.3 is 0 Å². The van der Waals surface area contributed by atoms with Crippen LogP contribution in [0.2, 0.25) is 0 Å². The topological polar surface area (TPSA) is 17.1 Å². The van der Waals surface area contributed by atoms with Crippen LogP contribution >= 0.6 is 11.3 Å². The smallest absolute Gasteiger partial charge is 0.145 e. The van der Waals surface area contributed by atoms with Crippen LogP contribution in [0.15, 0.2) is 41.8 Å². The highest BCUT2D eigenvalue weighted by Gasteiger charge is 2.27. The standard InChI is InChI=1S/C15H14OS/c16-15(10-12-5-3-9-17-12)14-8-7-11-4-1-2-6-13(11)14/h1-6,9,14H,7-8,10H2. The molecule has 0 N–H and O–H groups in total. The van der Waals surface area contributed by atoms with E-state index in [1.165, 1.54) is 16.0 Å². The van der Waals surface area contributed by atoms with Crippen molar-refractivity contribution in [2.75, 3.05) is 0 Å². The summed E-state index contributed by atoms with van der Waals surface area (Å²) in [4.78, 5) is 13.5. The molecular formula is C15H14OS. The second-order valence-electron chi connectivity index (χ2n) is 4.51. The monoisotopic (exact) mass is 242 g/mol. The molecule has 86 valence electrons. The van der Waals surface area contributed by atoms with Gasteiger partial charge in [-0.25, -0.2) is 0 Å². The van der Waals surface area contributed by atoms with E-state index < -0.39 is 0 Å². The van der Waals surface area contributed by atoms with E-state index in [0.717, 1.165) is 12.8 Å². The van der Waals surface area contributed by atoms with Crippen molar-refractivity contribution in [3.63, 3.8) is 0 Å². The van der Waals surface area contributed by atoms with Crippen LogP contribution in [0.5, 0.6) is 0 Å². The van der Waals surface area contributed by atoms with Crippen molar-refractivity contribution in [1.29, 1.82) is 0 Å². The molecule has 0 radical (unpaired) electrons. The van der Waals surface area contributed by atoms with E-state index in [2.05, 4.69) is 18.2 Å². The average Bonchev–Trinajstić information content (AvgIpc) is 2.96. The SMILES string of the molecule is O=C(Cc1cccs1)C1CCc2ccccc21. The van der Waals surface area contributed by atoms with Crippen molar-refractivity contribution in [3.8, 4) is 0 Å². The minimum absolute atomic E-state index is 0.133. The lowest BCUT2D eigenvalue weighted by Crippen LogP contribution is -2.11. The van der Waals surface area contributed by atoms with E-state index in [1.807, 2.05) is 23.6 Å². The normalized spacial score (nSPS) is 18.0. The van der Waals surface area contributed by atoms with Crippen molar-refractivity contribution >= 4 is 17.1 Å². The largest absolute Gasteiger partial charge is 0.299 e. The second-order valence-corrected chi connectivity index (χ2v) is 5.54. The van der Waals surface area contributed by atoms with Gasteiger partial charge in [0.15, 0.2) is 0 Å². The van der Waals surface area contributed by atoms with Gasteiger partial charge in [-0.05, 0) is 35.4 Å². The van der Waals surface area contributed by atoms with Gasteiger partial charge >= 0.3 is 0 Å². The Bertz CT molecular complexity index is 528. The third-order valence-electron chi connectivity index (χ3n) is 3.45. The first-order chi connectivity index (χ1) is 8.34.